The van der Waals surface area contributed by atoms with Gasteiger partial charge >= 0.3 is 0 Å². The van der Waals surface area contributed by atoms with Gasteiger partial charge in [-0.1, -0.05) is 37.1 Å². The third kappa shape index (κ3) is 7.32. The summed E-state index contributed by atoms with van der Waals surface area (Å²) in [4.78, 5) is 19.4. The normalized spacial score (nSPS) is 20.8. The fourth-order valence-corrected chi connectivity index (χ4v) is 7.49. The number of carbonyl (C=O) groups excluding carboxylic acids is 1. The van der Waals surface area contributed by atoms with Crippen molar-refractivity contribution < 1.29 is 28.2 Å². The van der Waals surface area contributed by atoms with Crippen LogP contribution >= 0.6 is 23.7 Å². The number of hydrogen-bond acceptors (Lipinski definition) is 9. The molecule has 2 atom stereocenters. The van der Waals surface area contributed by atoms with Crippen molar-refractivity contribution in [3.05, 3.63) is 76.4 Å². The Hall–Kier alpha value is -3.16. The van der Waals surface area contributed by atoms with Gasteiger partial charge in [0.25, 0.3) is 15.9 Å². The molecule has 1 fully saturated rings. The summed E-state index contributed by atoms with van der Waals surface area (Å²) in [6, 6.07) is 13.9. The minimum Gasteiger partial charge on any atom is -0.505 e. The molecule has 0 spiro atoms. The largest absolute Gasteiger partial charge is 0.505 e. The summed E-state index contributed by atoms with van der Waals surface area (Å²) in [5, 5.41) is 24.4. The Balaban J connectivity index is 0.000000234. The van der Waals surface area contributed by atoms with Crippen molar-refractivity contribution in [2.45, 2.75) is 43.1 Å². The van der Waals surface area contributed by atoms with Crippen molar-refractivity contribution in [1.82, 2.24) is 14.2 Å². The Morgan fingerprint density at radius 3 is 2.58 bits per heavy atom. The molecule has 234 valence electrons. The number of amides is 1. The zero-order valence-corrected chi connectivity index (χ0v) is 27.4. The first-order valence-electron chi connectivity index (χ1n) is 13.7. The van der Waals surface area contributed by atoms with Crippen molar-refractivity contribution >= 4 is 50.6 Å². The van der Waals surface area contributed by atoms with E-state index in [1.807, 2.05) is 31.2 Å². The summed E-state index contributed by atoms with van der Waals surface area (Å²) in [6.07, 6.45) is 5.83. The van der Waals surface area contributed by atoms with Gasteiger partial charge in [0.15, 0.2) is 16.6 Å². The lowest BCUT2D eigenvalue weighted by molar-refractivity contribution is -0.113. The molecule has 43 heavy (non-hydrogen) atoms. The standard InChI is InChI=1S/C16H25NO2.C14H13N3O4S2.ClH/c1-17(2)12-14-7-4-5-10-16(14,18)13-8-6-9-15(11-13)19-3;1-8-7-15-14(22-8)16-13(19)11-12(18)9-5-3-4-6-10(9)23(20,21)17(11)2;/h6,8-9,11,14,18H,4-5,7,10,12H2,1-3H3;3-7,18H,1-2H3,(H,15,16,19);1H/t14-,16+;;/m1../s1. The van der Waals surface area contributed by atoms with Crippen LogP contribution < -0.4 is 10.1 Å². The maximum absolute atomic E-state index is 12.5. The minimum atomic E-state index is -3.90. The lowest BCUT2D eigenvalue weighted by atomic mass is 9.71. The van der Waals surface area contributed by atoms with Crippen LogP contribution in [0.5, 0.6) is 5.75 Å². The summed E-state index contributed by atoms with van der Waals surface area (Å²) in [7, 11) is 3.14. The highest BCUT2D eigenvalue weighted by atomic mass is 35.5. The van der Waals surface area contributed by atoms with Gasteiger partial charge in [0, 0.05) is 36.1 Å². The van der Waals surface area contributed by atoms with Gasteiger partial charge < -0.3 is 19.8 Å². The first-order chi connectivity index (χ1) is 19.9. The number of aliphatic hydroxyl groups is 2. The van der Waals surface area contributed by atoms with Crippen LogP contribution in [0.25, 0.3) is 5.76 Å². The average Bonchev–Trinajstić information content (AvgIpc) is 3.38. The second-order valence-electron chi connectivity index (χ2n) is 10.8. The third-order valence-electron chi connectivity index (χ3n) is 7.57. The van der Waals surface area contributed by atoms with Crippen LogP contribution in [0.2, 0.25) is 0 Å². The highest BCUT2D eigenvalue weighted by Gasteiger charge is 2.41. The average molecular weight is 651 g/mol. The third-order valence-corrected chi connectivity index (χ3v) is 10.2. The van der Waals surface area contributed by atoms with Crippen molar-refractivity contribution in [3.8, 4) is 5.75 Å². The van der Waals surface area contributed by atoms with E-state index >= 15 is 0 Å². The second-order valence-corrected chi connectivity index (χ2v) is 13.9. The number of sulfonamides is 1. The van der Waals surface area contributed by atoms with E-state index in [1.54, 1.807) is 25.4 Å². The van der Waals surface area contributed by atoms with Crippen LogP contribution in [0, 0.1) is 12.8 Å². The van der Waals surface area contributed by atoms with Crippen LogP contribution in [-0.4, -0.2) is 73.5 Å². The van der Waals surface area contributed by atoms with E-state index < -0.39 is 21.5 Å². The first kappa shape index (κ1) is 34.3. The number of benzene rings is 2. The van der Waals surface area contributed by atoms with Crippen LogP contribution in [0.3, 0.4) is 0 Å². The molecular weight excluding hydrogens is 612 g/mol. The number of ether oxygens (including phenoxy) is 1. The van der Waals surface area contributed by atoms with Crippen molar-refractivity contribution in [2.75, 3.05) is 40.1 Å². The van der Waals surface area contributed by atoms with Gasteiger partial charge in [0.1, 0.15) is 5.75 Å². The topological polar surface area (TPSA) is 132 Å². The van der Waals surface area contributed by atoms with Crippen molar-refractivity contribution in [3.63, 3.8) is 0 Å². The van der Waals surface area contributed by atoms with E-state index in [0.29, 0.717) is 11.0 Å². The lowest BCUT2D eigenvalue weighted by Crippen LogP contribution is -2.43. The molecule has 1 aliphatic heterocycles. The summed E-state index contributed by atoms with van der Waals surface area (Å²) >= 11 is 1.25. The van der Waals surface area contributed by atoms with Crippen LogP contribution in [-0.2, 0) is 20.4 Å². The fourth-order valence-electron chi connectivity index (χ4n) is 5.43. The van der Waals surface area contributed by atoms with E-state index in [1.165, 1.54) is 36.9 Å². The van der Waals surface area contributed by atoms with Gasteiger partial charge in [-0.05, 0) is 63.7 Å². The number of thiazole rings is 1. The Kier molecular flexibility index (Phi) is 11.2. The first-order valence-corrected chi connectivity index (χ1v) is 15.9. The monoisotopic (exact) mass is 650 g/mol. The molecule has 2 aromatic carbocycles. The van der Waals surface area contributed by atoms with Gasteiger partial charge in [0.05, 0.1) is 17.6 Å². The number of likely N-dealkylation sites (N-methyl/N-ethyl adjacent to an activating group) is 1. The molecule has 13 heteroatoms. The lowest BCUT2D eigenvalue weighted by Gasteiger charge is -2.41. The van der Waals surface area contributed by atoms with Crippen molar-refractivity contribution in [2.24, 2.45) is 5.92 Å². The number of aromatic nitrogens is 1. The van der Waals surface area contributed by atoms with E-state index in [9.17, 15) is 23.4 Å². The molecule has 3 aromatic rings. The molecular formula is C30H39ClN4O6S2. The zero-order valence-electron chi connectivity index (χ0n) is 24.9. The Labute approximate surface area is 263 Å². The SMILES string of the molecule is COc1cccc([C@@]2(O)CCCC[C@@H]2CN(C)C)c1.Cc1cnc(NC(=O)C2=C(O)c3ccccc3S(=O)(=O)N2C)s1.Cl. The highest BCUT2D eigenvalue weighted by molar-refractivity contribution is 7.89. The highest BCUT2D eigenvalue weighted by Crippen LogP contribution is 2.42. The molecule has 1 amide bonds. The van der Waals surface area contributed by atoms with Gasteiger partial charge in [0.2, 0.25) is 0 Å². The summed E-state index contributed by atoms with van der Waals surface area (Å²) in [5.74, 6) is -0.00964. The predicted octanol–water partition coefficient (Wildman–Crippen LogP) is 5.01. The molecule has 1 saturated carbocycles. The predicted molar refractivity (Wildman–Crippen MR) is 171 cm³/mol. The molecule has 10 nitrogen and oxygen atoms in total. The molecule has 0 radical (unpaired) electrons. The number of aryl methyl sites for hydroxylation is 1. The molecule has 0 saturated heterocycles. The molecule has 2 heterocycles. The number of hydrogen-bond donors (Lipinski definition) is 3. The van der Waals surface area contributed by atoms with Crippen LogP contribution in [0.1, 0.15) is 41.7 Å². The number of carbonyl (C=O) groups is 1. The van der Waals surface area contributed by atoms with Gasteiger partial charge in [-0.25, -0.2) is 13.4 Å². The number of aliphatic hydroxyl groups excluding tert-OH is 1. The number of fused-ring (bicyclic) bond motifs is 1. The van der Waals surface area contributed by atoms with Crippen molar-refractivity contribution in [1.29, 1.82) is 0 Å². The Morgan fingerprint density at radius 2 is 1.93 bits per heavy atom. The molecule has 1 aliphatic carbocycles. The zero-order chi connectivity index (χ0) is 30.7. The number of nitrogens with one attached hydrogen (secondary N) is 1. The van der Waals surface area contributed by atoms with Gasteiger partial charge in [-0.3, -0.25) is 14.4 Å². The van der Waals surface area contributed by atoms with E-state index in [0.717, 1.165) is 46.3 Å². The maximum atomic E-state index is 12.5. The molecule has 1 aromatic heterocycles. The molecule has 2 aliphatic rings. The Morgan fingerprint density at radius 1 is 1.21 bits per heavy atom. The number of anilines is 1. The number of nitrogens with zero attached hydrogens (tertiary/aromatic N) is 3. The van der Waals surface area contributed by atoms with E-state index in [4.69, 9.17) is 4.74 Å². The summed E-state index contributed by atoms with van der Waals surface area (Å²) < 4.78 is 31.1. The molecule has 0 bridgehead atoms. The summed E-state index contributed by atoms with van der Waals surface area (Å²) in [5.41, 5.74) is 0.0536. The van der Waals surface area contributed by atoms with E-state index in [2.05, 4.69) is 29.3 Å². The summed E-state index contributed by atoms with van der Waals surface area (Å²) in [6.45, 7) is 2.76. The van der Waals surface area contributed by atoms with Gasteiger partial charge in [-0.2, -0.15) is 0 Å². The second kappa shape index (κ2) is 14.1. The fraction of sp³-hybridized carbons (Fsp3) is 0.400. The van der Waals surface area contributed by atoms with Gasteiger partial charge in [-0.15, -0.1) is 23.7 Å². The van der Waals surface area contributed by atoms with Crippen LogP contribution in [0.15, 0.2) is 65.3 Å². The van der Waals surface area contributed by atoms with Crippen LogP contribution in [0.4, 0.5) is 5.13 Å². The molecule has 5 rings (SSSR count). The molecule has 0 unspecified atom stereocenters. The number of rotatable bonds is 6. The quantitative estimate of drug-likeness (QED) is 0.339. The molecule has 3 N–H and O–H groups in total. The Bertz CT molecular complexity index is 1580. The van der Waals surface area contributed by atoms with E-state index in [-0.39, 0.29) is 34.3 Å². The number of halogens is 1. The smallest absolute Gasteiger partial charge is 0.278 e. The minimum absolute atomic E-state index is 0. The maximum Gasteiger partial charge on any atom is 0.278 e. The number of methoxy groups -OCH3 is 1.